The van der Waals surface area contributed by atoms with Crippen LogP contribution in [0.5, 0.6) is 5.75 Å². The minimum atomic E-state index is 0.654. The number of hydrogen-bond acceptors (Lipinski definition) is 3. The average Bonchev–Trinajstić information content (AvgIpc) is 2.79. The standard InChI is InChI=1S/C13H17N3O/c1-3-16-10-9-14-13(16)15-11-7-5-6-8-12(11)17-4-2/h5-10H,3-4H2,1-2H3,(H,14,15). The second-order valence-corrected chi connectivity index (χ2v) is 3.59. The largest absolute Gasteiger partial charge is 0.492 e. The van der Waals surface area contributed by atoms with E-state index in [4.69, 9.17) is 4.74 Å². The molecule has 4 nitrogen and oxygen atoms in total. The summed E-state index contributed by atoms with van der Waals surface area (Å²) in [6, 6.07) is 7.87. The molecule has 0 radical (unpaired) electrons. The molecule has 0 aliphatic carbocycles. The average molecular weight is 231 g/mol. The number of hydrogen-bond donors (Lipinski definition) is 1. The fourth-order valence-corrected chi connectivity index (χ4v) is 1.66. The lowest BCUT2D eigenvalue weighted by Crippen LogP contribution is -2.03. The predicted octanol–water partition coefficient (Wildman–Crippen LogP) is 3.05. The molecule has 17 heavy (non-hydrogen) atoms. The van der Waals surface area contributed by atoms with Crippen LogP contribution in [0.3, 0.4) is 0 Å². The summed E-state index contributed by atoms with van der Waals surface area (Å²) in [4.78, 5) is 4.28. The van der Waals surface area contributed by atoms with E-state index >= 15 is 0 Å². The van der Waals surface area contributed by atoms with Crippen molar-refractivity contribution in [1.82, 2.24) is 9.55 Å². The van der Waals surface area contributed by atoms with Crippen LogP contribution in [0, 0.1) is 0 Å². The minimum absolute atomic E-state index is 0.654. The van der Waals surface area contributed by atoms with Gasteiger partial charge in [0.25, 0.3) is 0 Å². The molecule has 0 fully saturated rings. The van der Waals surface area contributed by atoms with Crippen LogP contribution in [0.25, 0.3) is 0 Å². The molecule has 0 bridgehead atoms. The predicted molar refractivity (Wildman–Crippen MR) is 68.8 cm³/mol. The summed E-state index contributed by atoms with van der Waals surface area (Å²) in [5.41, 5.74) is 0.940. The first kappa shape index (κ1) is 11.5. The van der Waals surface area contributed by atoms with E-state index in [9.17, 15) is 0 Å². The van der Waals surface area contributed by atoms with Crippen molar-refractivity contribution in [3.63, 3.8) is 0 Å². The van der Waals surface area contributed by atoms with E-state index in [1.807, 2.05) is 42.0 Å². The molecular weight excluding hydrogens is 214 g/mol. The molecule has 90 valence electrons. The van der Waals surface area contributed by atoms with Crippen molar-refractivity contribution in [2.75, 3.05) is 11.9 Å². The van der Waals surface area contributed by atoms with Gasteiger partial charge >= 0.3 is 0 Å². The summed E-state index contributed by atoms with van der Waals surface area (Å²) in [6.45, 7) is 5.60. The number of aromatic nitrogens is 2. The molecule has 1 aromatic carbocycles. The molecule has 0 amide bonds. The van der Waals surface area contributed by atoms with Crippen LogP contribution in [0.1, 0.15) is 13.8 Å². The van der Waals surface area contributed by atoms with E-state index < -0.39 is 0 Å². The van der Waals surface area contributed by atoms with E-state index in [-0.39, 0.29) is 0 Å². The highest BCUT2D eigenvalue weighted by Crippen LogP contribution is 2.26. The Kier molecular flexibility index (Phi) is 3.65. The maximum Gasteiger partial charge on any atom is 0.207 e. The van der Waals surface area contributed by atoms with Gasteiger partial charge in [0.1, 0.15) is 5.75 Å². The third kappa shape index (κ3) is 2.58. The van der Waals surface area contributed by atoms with Gasteiger partial charge in [-0.3, -0.25) is 0 Å². The molecular formula is C13H17N3O. The number of ether oxygens (including phenoxy) is 1. The maximum absolute atomic E-state index is 5.56. The van der Waals surface area contributed by atoms with E-state index in [1.165, 1.54) is 0 Å². The zero-order chi connectivity index (χ0) is 12.1. The Hall–Kier alpha value is -1.97. The van der Waals surface area contributed by atoms with Gasteiger partial charge in [0.15, 0.2) is 0 Å². The van der Waals surface area contributed by atoms with Crippen LogP contribution in [0.2, 0.25) is 0 Å². The SMILES string of the molecule is CCOc1ccccc1Nc1nccn1CC. The Morgan fingerprint density at radius 3 is 2.88 bits per heavy atom. The third-order valence-corrected chi connectivity index (χ3v) is 2.49. The third-order valence-electron chi connectivity index (χ3n) is 2.49. The van der Waals surface area contributed by atoms with Crippen LogP contribution in [-0.2, 0) is 6.54 Å². The van der Waals surface area contributed by atoms with Gasteiger partial charge in [-0.05, 0) is 26.0 Å². The normalized spacial score (nSPS) is 10.2. The monoisotopic (exact) mass is 231 g/mol. The molecule has 0 saturated carbocycles. The highest BCUT2D eigenvalue weighted by atomic mass is 16.5. The fraction of sp³-hybridized carbons (Fsp3) is 0.308. The van der Waals surface area contributed by atoms with Crippen LogP contribution in [-0.4, -0.2) is 16.2 Å². The van der Waals surface area contributed by atoms with Gasteiger partial charge in [-0.15, -0.1) is 0 Å². The number of aryl methyl sites for hydroxylation is 1. The first-order chi connectivity index (χ1) is 8.35. The van der Waals surface area contributed by atoms with E-state index in [1.54, 1.807) is 6.20 Å². The molecule has 0 aliphatic rings. The molecule has 4 heteroatoms. The van der Waals surface area contributed by atoms with Crippen LogP contribution >= 0.6 is 0 Å². The quantitative estimate of drug-likeness (QED) is 0.859. The Morgan fingerprint density at radius 1 is 1.29 bits per heavy atom. The molecule has 2 rings (SSSR count). The van der Waals surface area contributed by atoms with Crippen molar-refractivity contribution in [3.8, 4) is 5.75 Å². The number of nitrogens with zero attached hydrogens (tertiary/aromatic N) is 2. The van der Waals surface area contributed by atoms with Crippen LogP contribution in [0.15, 0.2) is 36.7 Å². The highest BCUT2D eigenvalue weighted by Gasteiger charge is 2.05. The van der Waals surface area contributed by atoms with Crippen LogP contribution in [0.4, 0.5) is 11.6 Å². The lowest BCUT2D eigenvalue weighted by molar-refractivity contribution is 0.342. The van der Waals surface area contributed by atoms with Gasteiger partial charge in [0.2, 0.25) is 5.95 Å². The number of anilines is 2. The Morgan fingerprint density at radius 2 is 2.12 bits per heavy atom. The summed E-state index contributed by atoms with van der Waals surface area (Å²) in [5, 5.41) is 3.28. The Balaban J connectivity index is 2.23. The van der Waals surface area contributed by atoms with Gasteiger partial charge in [-0.2, -0.15) is 0 Å². The van der Waals surface area contributed by atoms with Crippen molar-refractivity contribution in [2.45, 2.75) is 20.4 Å². The second-order valence-electron chi connectivity index (χ2n) is 3.59. The van der Waals surface area contributed by atoms with Gasteiger partial charge < -0.3 is 14.6 Å². The molecule has 0 aliphatic heterocycles. The lowest BCUT2D eigenvalue weighted by atomic mass is 10.3. The first-order valence-electron chi connectivity index (χ1n) is 5.85. The van der Waals surface area contributed by atoms with Gasteiger partial charge in [-0.1, -0.05) is 12.1 Å². The van der Waals surface area contributed by atoms with Crippen molar-refractivity contribution < 1.29 is 4.74 Å². The summed E-state index contributed by atoms with van der Waals surface area (Å²) in [6.07, 6.45) is 3.74. The van der Waals surface area contributed by atoms with Gasteiger partial charge in [0, 0.05) is 18.9 Å². The highest BCUT2D eigenvalue weighted by molar-refractivity contribution is 5.62. The topological polar surface area (TPSA) is 39.1 Å². The zero-order valence-corrected chi connectivity index (χ0v) is 10.2. The van der Waals surface area contributed by atoms with Crippen molar-refractivity contribution >= 4 is 11.6 Å². The maximum atomic E-state index is 5.56. The number of rotatable bonds is 5. The van der Waals surface area contributed by atoms with E-state index in [0.29, 0.717) is 6.61 Å². The zero-order valence-electron chi connectivity index (χ0n) is 10.2. The molecule has 1 heterocycles. The second kappa shape index (κ2) is 5.39. The van der Waals surface area contributed by atoms with Crippen molar-refractivity contribution in [3.05, 3.63) is 36.7 Å². The summed E-state index contributed by atoms with van der Waals surface area (Å²) in [5.74, 6) is 1.68. The number of benzene rings is 1. The molecule has 0 saturated heterocycles. The lowest BCUT2D eigenvalue weighted by Gasteiger charge is -2.12. The fourth-order valence-electron chi connectivity index (χ4n) is 1.66. The first-order valence-corrected chi connectivity index (χ1v) is 5.85. The molecule has 1 N–H and O–H groups in total. The van der Waals surface area contributed by atoms with E-state index in [0.717, 1.165) is 23.9 Å². The molecule has 2 aromatic rings. The Bertz CT molecular complexity index is 479. The molecule has 0 atom stereocenters. The van der Waals surface area contributed by atoms with Gasteiger partial charge in [-0.25, -0.2) is 4.98 Å². The number of nitrogens with one attached hydrogen (secondary N) is 1. The number of imidazole rings is 1. The van der Waals surface area contributed by atoms with Crippen molar-refractivity contribution in [1.29, 1.82) is 0 Å². The van der Waals surface area contributed by atoms with E-state index in [2.05, 4.69) is 17.2 Å². The minimum Gasteiger partial charge on any atom is -0.492 e. The summed E-state index contributed by atoms with van der Waals surface area (Å²) >= 11 is 0. The van der Waals surface area contributed by atoms with Crippen molar-refractivity contribution in [2.24, 2.45) is 0 Å². The number of para-hydroxylation sites is 2. The molecule has 0 spiro atoms. The van der Waals surface area contributed by atoms with Gasteiger partial charge in [0.05, 0.1) is 12.3 Å². The van der Waals surface area contributed by atoms with Crippen LogP contribution < -0.4 is 10.1 Å². The molecule has 1 aromatic heterocycles. The molecule has 0 unspecified atom stereocenters. The summed E-state index contributed by atoms with van der Waals surface area (Å²) in [7, 11) is 0. The smallest absolute Gasteiger partial charge is 0.207 e. The summed E-state index contributed by atoms with van der Waals surface area (Å²) < 4.78 is 7.60. The Labute approximate surface area is 101 Å².